The summed E-state index contributed by atoms with van der Waals surface area (Å²) in [6.07, 6.45) is 4.79. The Balaban J connectivity index is 0.000000228. The topological polar surface area (TPSA) is 42.5 Å². The van der Waals surface area contributed by atoms with Crippen LogP contribution < -0.4 is 20.1 Å². The van der Waals surface area contributed by atoms with Crippen LogP contribution in [0.3, 0.4) is 0 Å². The fourth-order valence-electron chi connectivity index (χ4n) is 5.53. The SMILES string of the molecule is C.CI.C[C@@H]1CC[C@H](c2ccc(OCc3ccccc3F)cc2)N1.C[C@@H]1CC[C@H](c2ccc(OCc3ccccc3F)cc2)N1. The first-order valence-electron chi connectivity index (χ1n) is 15.3. The van der Waals surface area contributed by atoms with Crippen molar-refractivity contribution in [3.8, 4) is 11.5 Å². The van der Waals surface area contributed by atoms with Crippen LogP contribution in [0.5, 0.6) is 11.5 Å². The molecule has 0 bridgehead atoms. The van der Waals surface area contributed by atoms with Crippen molar-refractivity contribution in [2.75, 3.05) is 4.93 Å². The van der Waals surface area contributed by atoms with Crippen molar-refractivity contribution in [1.29, 1.82) is 0 Å². The van der Waals surface area contributed by atoms with Crippen molar-refractivity contribution >= 4 is 22.6 Å². The average Bonchev–Trinajstić information content (AvgIpc) is 3.70. The Labute approximate surface area is 282 Å². The van der Waals surface area contributed by atoms with Crippen LogP contribution in [0.15, 0.2) is 97.1 Å². The molecule has 2 saturated heterocycles. The van der Waals surface area contributed by atoms with Gasteiger partial charge in [-0.15, -0.1) is 0 Å². The van der Waals surface area contributed by atoms with Crippen molar-refractivity contribution < 1.29 is 18.3 Å². The predicted molar refractivity (Wildman–Crippen MR) is 190 cm³/mol. The Morgan fingerprint density at radius 3 is 1.24 bits per heavy atom. The summed E-state index contributed by atoms with van der Waals surface area (Å²) in [5.74, 6) is 1.10. The van der Waals surface area contributed by atoms with Crippen molar-refractivity contribution in [3.63, 3.8) is 0 Å². The molecule has 0 saturated carbocycles. The summed E-state index contributed by atoms with van der Waals surface area (Å²) >= 11 is 2.15. The molecule has 242 valence electrons. The normalized spacial score (nSPS) is 20.1. The van der Waals surface area contributed by atoms with E-state index in [1.54, 1.807) is 24.3 Å². The third kappa shape index (κ3) is 11.1. The van der Waals surface area contributed by atoms with Crippen molar-refractivity contribution in [1.82, 2.24) is 10.6 Å². The summed E-state index contributed by atoms with van der Waals surface area (Å²) in [6.45, 7) is 4.94. The van der Waals surface area contributed by atoms with Gasteiger partial charge in [0.2, 0.25) is 0 Å². The minimum atomic E-state index is -0.224. The van der Waals surface area contributed by atoms with E-state index < -0.39 is 0 Å². The van der Waals surface area contributed by atoms with E-state index in [9.17, 15) is 8.78 Å². The van der Waals surface area contributed by atoms with Gasteiger partial charge in [-0.1, -0.05) is 90.7 Å². The monoisotopic (exact) mass is 728 g/mol. The van der Waals surface area contributed by atoms with Gasteiger partial charge in [-0.3, -0.25) is 0 Å². The molecule has 2 aliphatic rings. The summed E-state index contributed by atoms with van der Waals surface area (Å²) in [6, 6.07) is 31.7. The predicted octanol–water partition coefficient (Wildman–Crippen LogP) is 10.1. The molecule has 2 fully saturated rings. The third-order valence-electron chi connectivity index (χ3n) is 8.02. The number of benzene rings is 4. The van der Waals surface area contributed by atoms with E-state index in [-0.39, 0.29) is 32.3 Å². The third-order valence-corrected chi connectivity index (χ3v) is 8.02. The molecule has 2 aliphatic heterocycles. The van der Waals surface area contributed by atoms with Crippen LogP contribution in [-0.2, 0) is 13.2 Å². The summed E-state index contributed by atoms with van der Waals surface area (Å²) in [5.41, 5.74) is 3.73. The molecule has 4 aromatic rings. The molecule has 2 heterocycles. The second-order valence-corrected chi connectivity index (χ2v) is 11.3. The maximum Gasteiger partial charge on any atom is 0.129 e. The zero-order valence-corrected chi connectivity index (χ0v) is 27.9. The average molecular weight is 729 g/mol. The summed E-state index contributed by atoms with van der Waals surface area (Å²) < 4.78 is 38.3. The fraction of sp³-hybridized carbons (Fsp3) is 0.368. The molecule has 7 heteroatoms. The molecule has 4 atom stereocenters. The van der Waals surface area contributed by atoms with Gasteiger partial charge in [0.05, 0.1) is 0 Å². The Bertz CT molecular complexity index is 1310. The maximum absolute atomic E-state index is 13.5. The summed E-state index contributed by atoms with van der Waals surface area (Å²) in [7, 11) is 0. The lowest BCUT2D eigenvalue weighted by Gasteiger charge is -2.13. The highest BCUT2D eigenvalue weighted by Gasteiger charge is 2.22. The van der Waals surface area contributed by atoms with Crippen LogP contribution in [0.4, 0.5) is 8.78 Å². The Kier molecular flexibility index (Phi) is 15.3. The highest BCUT2D eigenvalue weighted by Crippen LogP contribution is 2.29. The largest absolute Gasteiger partial charge is 0.489 e. The van der Waals surface area contributed by atoms with E-state index in [0.717, 1.165) is 11.5 Å². The zero-order valence-electron chi connectivity index (χ0n) is 25.7. The molecule has 45 heavy (non-hydrogen) atoms. The molecule has 0 aliphatic carbocycles. The van der Waals surface area contributed by atoms with Crippen molar-refractivity contribution in [2.45, 2.75) is 84.3 Å². The standard InChI is InChI=1S/2C18H20FNO.CH3I.CH4/c2*1-13-6-11-18(20-13)14-7-9-16(10-8-14)21-12-15-4-2-3-5-17(15)19;1-2;/h2*2-5,7-10,13,18,20H,6,11-12H2,1H3;1H3;1H4/t2*13-,18-;;/m11../s1. The quantitative estimate of drug-likeness (QED) is 0.140. The fourth-order valence-corrected chi connectivity index (χ4v) is 5.53. The van der Waals surface area contributed by atoms with Gasteiger partial charge in [-0.2, -0.15) is 0 Å². The lowest BCUT2D eigenvalue weighted by Crippen LogP contribution is -2.20. The van der Waals surface area contributed by atoms with Crippen LogP contribution in [0.25, 0.3) is 0 Å². The first kappa shape index (κ1) is 36.5. The van der Waals surface area contributed by atoms with Gasteiger partial charge < -0.3 is 20.1 Å². The molecule has 0 aromatic heterocycles. The van der Waals surface area contributed by atoms with Gasteiger partial charge in [0, 0.05) is 35.3 Å². The molecular weight excluding hydrogens is 681 g/mol. The van der Waals surface area contributed by atoms with Crippen LogP contribution in [0, 0.1) is 11.6 Å². The first-order valence-corrected chi connectivity index (χ1v) is 17.4. The Morgan fingerprint density at radius 2 is 0.933 bits per heavy atom. The highest BCUT2D eigenvalue weighted by molar-refractivity contribution is 14.1. The number of nitrogens with one attached hydrogen (secondary N) is 2. The molecular formula is C38H47F2IN2O2. The van der Waals surface area contributed by atoms with E-state index >= 15 is 0 Å². The number of ether oxygens (including phenoxy) is 2. The molecule has 4 nitrogen and oxygen atoms in total. The van der Waals surface area contributed by atoms with Gasteiger partial charge >= 0.3 is 0 Å². The molecule has 2 N–H and O–H groups in total. The van der Waals surface area contributed by atoms with Gasteiger partial charge in [0.25, 0.3) is 0 Å². The Morgan fingerprint density at radius 1 is 0.578 bits per heavy atom. The zero-order chi connectivity index (χ0) is 31.3. The highest BCUT2D eigenvalue weighted by atomic mass is 127. The van der Waals surface area contributed by atoms with Crippen LogP contribution in [0.1, 0.15) is 81.3 Å². The van der Waals surface area contributed by atoms with E-state index in [1.165, 1.54) is 48.9 Å². The van der Waals surface area contributed by atoms with Gasteiger partial charge in [0.15, 0.2) is 0 Å². The lowest BCUT2D eigenvalue weighted by atomic mass is 10.1. The smallest absolute Gasteiger partial charge is 0.129 e. The van der Waals surface area contributed by atoms with E-state index in [4.69, 9.17) is 9.47 Å². The van der Waals surface area contributed by atoms with E-state index in [0.29, 0.717) is 35.3 Å². The van der Waals surface area contributed by atoms with Gasteiger partial charge in [0.1, 0.15) is 36.3 Å². The van der Waals surface area contributed by atoms with E-state index in [2.05, 4.69) is 71.3 Å². The second kappa shape index (κ2) is 18.8. The van der Waals surface area contributed by atoms with E-state index in [1.807, 2.05) is 41.3 Å². The number of rotatable bonds is 8. The van der Waals surface area contributed by atoms with Crippen LogP contribution >= 0.6 is 22.6 Å². The van der Waals surface area contributed by atoms with Crippen molar-refractivity contribution in [3.05, 3.63) is 131 Å². The molecule has 4 aromatic carbocycles. The number of alkyl halides is 1. The van der Waals surface area contributed by atoms with Crippen LogP contribution in [-0.4, -0.2) is 17.0 Å². The Hall–Kier alpha value is -3.01. The lowest BCUT2D eigenvalue weighted by molar-refractivity contribution is 0.299. The maximum atomic E-state index is 13.5. The van der Waals surface area contributed by atoms with Crippen LogP contribution in [0.2, 0.25) is 0 Å². The molecule has 0 radical (unpaired) electrons. The molecule has 6 rings (SSSR count). The molecule has 0 unspecified atom stereocenters. The molecule has 0 amide bonds. The number of hydrogen-bond donors (Lipinski definition) is 2. The molecule has 0 spiro atoms. The summed E-state index contributed by atoms with van der Waals surface area (Å²) in [5, 5.41) is 7.13. The second-order valence-electron chi connectivity index (χ2n) is 11.3. The minimum Gasteiger partial charge on any atom is -0.489 e. The summed E-state index contributed by atoms with van der Waals surface area (Å²) in [4.78, 5) is 1.97. The first-order chi connectivity index (χ1) is 21.4. The number of hydrogen-bond acceptors (Lipinski definition) is 4. The van der Waals surface area contributed by atoms with Gasteiger partial charge in [-0.05, 0) is 92.0 Å². The number of halogens is 3. The minimum absolute atomic E-state index is 0. The van der Waals surface area contributed by atoms with Gasteiger partial charge in [-0.25, -0.2) is 8.78 Å². The van der Waals surface area contributed by atoms with Crippen molar-refractivity contribution in [2.24, 2.45) is 0 Å².